The van der Waals surface area contributed by atoms with Crippen LogP contribution in [-0.4, -0.2) is 29.9 Å². The third-order valence-electron chi connectivity index (χ3n) is 24.8. The highest BCUT2D eigenvalue weighted by atomic mass is 35.5. The van der Waals surface area contributed by atoms with Crippen molar-refractivity contribution in [3.8, 4) is 0 Å². The fourth-order valence-electron chi connectivity index (χ4n) is 23.2. The van der Waals surface area contributed by atoms with Gasteiger partial charge in [-0.1, -0.05) is 141 Å². The third kappa shape index (κ3) is 7.84. The largest absolute Gasteiger partial charge is 0.278 e. The number of nitrogens with zero attached hydrogens (tertiary/aromatic N) is 7. The average Bonchev–Trinajstić information content (AvgIpc) is 0.734. The van der Waals surface area contributed by atoms with E-state index in [9.17, 15) is 0 Å². The van der Waals surface area contributed by atoms with Gasteiger partial charge in [-0.2, -0.15) is 24.9 Å². The first kappa shape index (κ1) is 54.5. The van der Waals surface area contributed by atoms with Crippen molar-refractivity contribution in [2.24, 2.45) is 71.0 Å². The topological polar surface area (TPSA) is 80.6 Å². The minimum atomic E-state index is -0.115. The molecule has 8 aromatic rings. The van der Waals surface area contributed by atoms with Crippen molar-refractivity contribution in [1.82, 2.24) is 29.9 Å². The molecule has 12 saturated carbocycles. The van der Waals surface area contributed by atoms with E-state index >= 15 is 0 Å². The van der Waals surface area contributed by atoms with Crippen LogP contribution in [0.2, 0.25) is 21.1 Å². The summed E-state index contributed by atoms with van der Waals surface area (Å²) in [5.74, 6) is 11.4. The predicted octanol–water partition coefficient (Wildman–Crippen LogP) is 19.1. The van der Waals surface area contributed by atoms with Crippen molar-refractivity contribution in [1.29, 1.82) is 0 Å². The van der Waals surface area contributed by atoms with Crippen LogP contribution in [0.25, 0.3) is 0 Å². The Balaban J connectivity index is 0.000000143. The van der Waals surface area contributed by atoms with Crippen molar-refractivity contribution in [2.75, 3.05) is 4.90 Å². The Kier molecular flexibility index (Phi) is 12.9. The van der Waals surface area contributed by atoms with Crippen molar-refractivity contribution in [2.45, 2.75) is 132 Å². The maximum Gasteiger partial charge on any atom is 0.239 e. The first-order valence-electron chi connectivity index (χ1n) is 32.1. The molecule has 0 saturated heterocycles. The number of halogens is 4. The number of rotatable bonds is 2. The fraction of sp³-hybridized carbons (Fsp3) is 0.440. The number of benzene rings is 6. The standard InChI is InChI=1S/C48H45ClN4.C23H24.C3Cl3N3.CH4/c49-45-50-44(43-35-9-1-3-11-37(35)47(38-12-4-2-10-36(38)43)31-19-27-17-28(21-31)22-32(47)20-27)51-46(52-45)53-41-15-7-5-13-39(41)48(40-14-6-8-16-42(40)53)33-23-29-18-30(25-33)26-34(48)24-29;1-3-7-21-17(5-1)14-18-6-2-4-8-22(18)23(21)19-10-15-9-16(12-19)13-20(23)11-15;4-1-7-2(5)9-3(6)8-1;/h1-16,27-34,43H,17-26H2;1-8,15-16,19-20H,9-14H2;;1H4. The van der Waals surface area contributed by atoms with Crippen LogP contribution >= 0.6 is 46.4 Å². The highest BCUT2D eigenvalue weighted by Gasteiger charge is 2.64. The molecule has 3 spiro atoms. The molecule has 0 radical (unpaired) electrons. The summed E-state index contributed by atoms with van der Waals surface area (Å²) in [6.07, 6.45) is 22.3. The van der Waals surface area contributed by atoms with Gasteiger partial charge in [-0.15, -0.1) is 0 Å². The molecule has 86 heavy (non-hydrogen) atoms. The van der Waals surface area contributed by atoms with Crippen LogP contribution in [0, 0.1) is 71.0 Å². The van der Waals surface area contributed by atoms with E-state index in [-0.39, 0.29) is 45.3 Å². The number of hydrogen-bond donors (Lipinski definition) is 0. The Bertz CT molecular complexity index is 3570. The van der Waals surface area contributed by atoms with Gasteiger partial charge in [-0.3, -0.25) is 4.90 Å². The molecule has 15 aliphatic rings. The summed E-state index contributed by atoms with van der Waals surface area (Å²) in [5, 5.41) is 0.264. The molecular formula is C75H73Cl4N7. The number of para-hydroxylation sites is 2. The van der Waals surface area contributed by atoms with E-state index < -0.39 is 0 Å². The van der Waals surface area contributed by atoms with Gasteiger partial charge in [0, 0.05) is 16.2 Å². The Morgan fingerprint density at radius 1 is 0.314 bits per heavy atom. The quantitative estimate of drug-likeness (QED) is 0.171. The van der Waals surface area contributed by atoms with Gasteiger partial charge in [-0.05, 0) is 288 Å². The van der Waals surface area contributed by atoms with Gasteiger partial charge in [0.15, 0.2) is 0 Å². The summed E-state index contributed by atoms with van der Waals surface area (Å²) >= 11 is 23.0. The van der Waals surface area contributed by atoms with Gasteiger partial charge in [-0.25, -0.2) is 4.98 Å². The summed E-state index contributed by atoms with van der Waals surface area (Å²) in [4.78, 5) is 28.3. The summed E-state index contributed by atoms with van der Waals surface area (Å²) in [6.45, 7) is 0. The van der Waals surface area contributed by atoms with Crippen LogP contribution in [0.1, 0.15) is 171 Å². The van der Waals surface area contributed by atoms with E-state index in [0.717, 1.165) is 59.6 Å². The van der Waals surface area contributed by atoms with E-state index in [0.29, 0.717) is 35.0 Å². The van der Waals surface area contributed by atoms with Crippen molar-refractivity contribution in [3.05, 3.63) is 228 Å². The average molecular weight is 1210 g/mol. The lowest BCUT2D eigenvalue weighted by Crippen LogP contribution is -2.58. The molecule has 0 atom stereocenters. The molecule has 11 heteroatoms. The van der Waals surface area contributed by atoms with Crippen molar-refractivity contribution < 1.29 is 0 Å². The molecule has 12 fully saturated rings. The molecule has 12 bridgehead atoms. The second kappa shape index (κ2) is 20.4. The molecule has 0 unspecified atom stereocenters. The Morgan fingerprint density at radius 3 is 1.01 bits per heavy atom. The van der Waals surface area contributed by atoms with Gasteiger partial charge in [0.05, 0.1) is 17.3 Å². The fourth-order valence-corrected chi connectivity index (χ4v) is 24.0. The minimum absolute atomic E-state index is 0. The summed E-state index contributed by atoms with van der Waals surface area (Å²) in [6, 6.07) is 56.0. The second-order valence-electron chi connectivity index (χ2n) is 28.4. The smallest absolute Gasteiger partial charge is 0.239 e. The summed E-state index contributed by atoms with van der Waals surface area (Å²) in [5.41, 5.74) is 18.2. The third-order valence-corrected chi connectivity index (χ3v) is 25.5. The lowest BCUT2D eigenvalue weighted by molar-refractivity contribution is -0.0436. The van der Waals surface area contributed by atoms with Crippen LogP contribution in [0.5, 0.6) is 0 Å². The molecule has 6 aromatic carbocycles. The van der Waals surface area contributed by atoms with Crippen molar-refractivity contribution >= 4 is 63.7 Å². The van der Waals surface area contributed by atoms with Crippen LogP contribution in [0.15, 0.2) is 146 Å². The molecule has 0 N–H and O–H groups in total. The summed E-state index contributed by atoms with van der Waals surface area (Å²) < 4.78 is 0. The van der Waals surface area contributed by atoms with Crippen LogP contribution in [0.3, 0.4) is 0 Å². The van der Waals surface area contributed by atoms with Gasteiger partial charge < -0.3 is 0 Å². The first-order chi connectivity index (χ1) is 41.6. The van der Waals surface area contributed by atoms with Gasteiger partial charge in [0.25, 0.3) is 0 Å². The number of aromatic nitrogens is 6. The highest BCUT2D eigenvalue weighted by molar-refractivity contribution is 6.33. The lowest BCUT2D eigenvalue weighted by atomic mass is 9.40. The zero-order chi connectivity index (χ0) is 56.5. The predicted molar refractivity (Wildman–Crippen MR) is 344 cm³/mol. The van der Waals surface area contributed by atoms with E-state index in [4.69, 9.17) is 61.4 Å². The first-order valence-corrected chi connectivity index (χ1v) is 33.6. The molecule has 23 rings (SSSR count). The molecule has 3 heterocycles. The minimum Gasteiger partial charge on any atom is -0.278 e. The monoisotopic (exact) mass is 1210 g/mol. The molecule has 2 aromatic heterocycles. The van der Waals surface area contributed by atoms with Crippen LogP contribution < -0.4 is 4.90 Å². The number of fused-ring (bicyclic) bond motifs is 6. The Labute approximate surface area is 526 Å². The number of anilines is 3. The molecule has 14 aliphatic carbocycles. The maximum absolute atomic E-state index is 7.09. The second-order valence-corrected chi connectivity index (χ2v) is 29.7. The lowest BCUT2D eigenvalue weighted by Gasteiger charge is -2.64. The maximum atomic E-state index is 7.09. The van der Waals surface area contributed by atoms with E-state index in [2.05, 4.69) is 165 Å². The highest BCUT2D eigenvalue weighted by Crippen LogP contribution is 2.72. The van der Waals surface area contributed by atoms with E-state index in [1.807, 2.05) is 0 Å². The van der Waals surface area contributed by atoms with Crippen LogP contribution in [0.4, 0.5) is 17.3 Å². The molecule has 0 amide bonds. The zero-order valence-electron chi connectivity index (χ0n) is 47.8. The van der Waals surface area contributed by atoms with E-state index in [1.165, 1.54) is 141 Å². The SMILES string of the molecule is C.Clc1nc(C2c3ccccc3C3(c4ccccc42)C2CC4CC(C2)CC3C4)nc(N2c3ccccc3C3(c4ccccc42)C2CC4CC(C2)CC3C4)n1.Clc1nc(Cl)nc(Cl)n1.c1ccc2c(c1)Cc1ccccc1C21C2CC3CC(C2)CC1C3. The van der Waals surface area contributed by atoms with Crippen LogP contribution in [-0.2, 0) is 22.7 Å². The van der Waals surface area contributed by atoms with Gasteiger partial charge >= 0.3 is 0 Å². The Hall–Kier alpha value is -5.70. The molecule has 1 aliphatic heterocycles. The van der Waals surface area contributed by atoms with Crippen molar-refractivity contribution in [3.63, 3.8) is 0 Å². The zero-order valence-corrected chi connectivity index (χ0v) is 50.8. The molecule has 436 valence electrons. The molecular weight excluding hydrogens is 1140 g/mol. The molecule has 7 nitrogen and oxygen atoms in total. The Morgan fingerprint density at radius 2 is 0.616 bits per heavy atom. The van der Waals surface area contributed by atoms with E-state index in [1.54, 1.807) is 22.3 Å². The van der Waals surface area contributed by atoms with Gasteiger partial charge in [0.1, 0.15) is 5.82 Å². The summed E-state index contributed by atoms with van der Waals surface area (Å²) in [7, 11) is 0. The normalized spacial score (nSPS) is 32.4. The number of hydrogen-bond acceptors (Lipinski definition) is 7. The van der Waals surface area contributed by atoms with Gasteiger partial charge in [0.2, 0.25) is 27.1 Å².